The average Bonchev–Trinajstić information content (AvgIpc) is 3.43. The number of hydrogen-bond acceptors (Lipinski definition) is 5. The van der Waals surface area contributed by atoms with Gasteiger partial charge in [-0.2, -0.15) is 0 Å². The molecule has 0 unspecified atom stereocenters. The van der Waals surface area contributed by atoms with Crippen LogP contribution in [0.1, 0.15) is 49.6 Å². The van der Waals surface area contributed by atoms with E-state index in [-0.39, 0.29) is 5.91 Å². The standard InChI is InChI=1S/C26H25BrN2O4/c1-25(2,3)33-23(30)21-20(15-9-5-4-6-10-15)26(22(29-21)18-13-14-19(27)32-18)16-11-7-8-12-17(16)28-24(26)31/h4-14,20-22,29H,1-3H3,(H,28,31)/t20-,21+,22-,26-/m1/s1. The Hall–Kier alpha value is -2.90. The van der Waals surface area contributed by atoms with Crippen LogP contribution in [-0.4, -0.2) is 23.5 Å². The molecule has 3 aromatic rings. The van der Waals surface area contributed by atoms with Gasteiger partial charge in [0.25, 0.3) is 0 Å². The lowest BCUT2D eigenvalue weighted by molar-refractivity contribution is -0.157. The van der Waals surface area contributed by atoms with E-state index in [0.29, 0.717) is 10.4 Å². The zero-order valence-corrected chi connectivity index (χ0v) is 20.2. The van der Waals surface area contributed by atoms with Gasteiger partial charge in [-0.3, -0.25) is 14.9 Å². The van der Waals surface area contributed by atoms with Crippen molar-refractivity contribution in [2.24, 2.45) is 0 Å². The topological polar surface area (TPSA) is 80.6 Å². The highest BCUT2D eigenvalue weighted by Crippen LogP contribution is 2.59. The number of furan rings is 1. The van der Waals surface area contributed by atoms with Crippen molar-refractivity contribution in [3.63, 3.8) is 0 Å². The lowest BCUT2D eigenvalue weighted by Gasteiger charge is -2.34. The molecule has 3 heterocycles. The third-order valence-corrected chi connectivity index (χ3v) is 6.75. The predicted octanol–water partition coefficient (Wildman–Crippen LogP) is 5.07. The number of benzene rings is 2. The first-order valence-electron chi connectivity index (χ1n) is 10.9. The van der Waals surface area contributed by atoms with Crippen molar-refractivity contribution in [2.45, 2.75) is 49.8 Å². The van der Waals surface area contributed by atoms with Crippen LogP contribution in [0.3, 0.4) is 0 Å². The molecule has 1 saturated heterocycles. The molecule has 0 aliphatic carbocycles. The second-order valence-corrected chi connectivity index (χ2v) is 10.3. The fourth-order valence-electron chi connectivity index (χ4n) is 5.22. The quantitative estimate of drug-likeness (QED) is 0.482. The Morgan fingerprint density at radius 1 is 1.03 bits per heavy atom. The number of rotatable bonds is 3. The van der Waals surface area contributed by atoms with Crippen molar-refractivity contribution in [1.82, 2.24) is 5.32 Å². The number of fused-ring (bicyclic) bond motifs is 2. The Balaban J connectivity index is 1.77. The fraction of sp³-hybridized carbons (Fsp3) is 0.308. The Bertz CT molecular complexity index is 1220. The van der Waals surface area contributed by atoms with Gasteiger partial charge in [0, 0.05) is 11.6 Å². The molecule has 4 atom stereocenters. The van der Waals surface area contributed by atoms with Crippen LogP contribution >= 0.6 is 15.9 Å². The predicted molar refractivity (Wildman–Crippen MR) is 128 cm³/mol. The summed E-state index contributed by atoms with van der Waals surface area (Å²) >= 11 is 3.38. The van der Waals surface area contributed by atoms with E-state index in [1.807, 2.05) is 81.4 Å². The van der Waals surface area contributed by atoms with Crippen molar-refractivity contribution < 1.29 is 18.7 Å². The molecule has 2 N–H and O–H groups in total. The second-order valence-electron chi connectivity index (χ2n) is 9.51. The van der Waals surface area contributed by atoms with Crippen LogP contribution in [0.2, 0.25) is 0 Å². The highest BCUT2D eigenvalue weighted by Gasteiger charge is 2.67. The van der Waals surface area contributed by atoms with Gasteiger partial charge < -0.3 is 14.5 Å². The maximum absolute atomic E-state index is 13.9. The Kier molecular flexibility index (Phi) is 5.21. The van der Waals surface area contributed by atoms with Gasteiger partial charge in [-0.15, -0.1) is 0 Å². The van der Waals surface area contributed by atoms with E-state index in [4.69, 9.17) is 9.15 Å². The van der Waals surface area contributed by atoms with Gasteiger partial charge >= 0.3 is 5.97 Å². The molecule has 7 heteroatoms. The lowest BCUT2D eigenvalue weighted by Crippen LogP contribution is -2.44. The van der Waals surface area contributed by atoms with Gasteiger partial charge in [0.2, 0.25) is 5.91 Å². The molecule has 33 heavy (non-hydrogen) atoms. The van der Waals surface area contributed by atoms with Crippen LogP contribution < -0.4 is 10.6 Å². The number of nitrogens with one attached hydrogen (secondary N) is 2. The zero-order chi connectivity index (χ0) is 23.4. The van der Waals surface area contributed by atoms with Gasteiger partial charge in [0.05, 0.1) is 6.04 Å². The molecule has 6 nitrogen and oxygen atoms in total. The van der Waals surface area contributed by atoms with Crippen LogP contribution in [0.5, 0.6) is 0 Å². The molecule has 2 aliphatic heterocycles. The number of carbonyl (C=O) groups is 2. The van der Waals surface area contributed by atoms with Crippen molar-refractivity contribution in [1.29, 1.82) is 0 Å². The molecule has 1 aromatic heterocycles. The molecule has 0 bridgehead atoms. The summed E-state index contributed by atoms with van der Waals surface area (Å²) in [5.74, 6) is -0.526. The fourth-order valence-corrected chi connectivity index (χ4v) is 5.54. The van der Waals surface area contributed by atoms with Gasteiger partial charge in [-0.1, -0.05) is 48.5 Å². The van der Waals surface area contributed by atoms with E-state index in [9.17, 15) is 9.59 Å². The van der Waals surface area contributed by atoms with Crippen molar-refractivity contribution >= 4 is 33.5 Å². The minimum Gasteiger partial charge on any atom is -0.459 e. The lowest BCUT2D eigenvalue weighted by atomic mass is 9.64. The van der Waals surface area contributed by atoms with Crippen LogP contribution in [0.25, 0.3) is 0 Å². The van der Waals surface area contributed by atoms with Gasteiger partial charge in [-0.05, 0) is 66.0 Å². The molecule has 2 aliphatic rings. The molecule has 5 rings (SSSR count). The van der Waals surface area contributed by atoms with E-state index < -0.39 is 35.0 Å². The average molecular weight is 509 g/mol. The highest BCUT2D eigenvalue weighted by atomic mass is 79.9. The maximum Gasteiger partial charge on any atom is 0.324 e. The number of halogens is 1. The molecule has 170 valence electrons. The summed E-state index contributed by atoms with van der Waals surface area (Å²) in [6, 6.07) is 19.6. The van der Waals surface area contributed by atoms with Gasteiger partial charge in [-0.25, -0.2) is 0 Å². The molecular formula is C26H25BrN2O4. The minimum absolute atomic E-state index is 0.173. The largest absolute Gasteiger partial charge is 0.459 e. The molecule has 1 fully saturated rings. The first kappa shape index (κ1) is 21.9. The number of amides is 1. The van der Waals surface area contributed by atoms with E-state index in [2.05, 4.69) is 26.6 Å². The Labute approximate surface area is 200 Å². The SMILES string of the molecule is CC(C)(C)OC(=O)[C@H]1N[C@H](c2ccc(Br)o2)[C@]2(C(=O)Nc3ccccc32)[C@@H]1c1ccccc1. The number of hydrogen-bond donors (Lipinski definition) is 2. The van der Waals surface area contributed by atoms with Gasteiger partial charge in [0.1, 0.15) is 22.8 Å². The summed E-state index contributed by atoms with van der Waals surface area (Å²) in [6.45, 7) is 5.52. The Morgan fingerprint density at radius 2 is 1.73 bits per heavy atom. The summed E-state index contributed by atoms with van der Waals surface area (Å²) in [4.78, 5) is 27.5. The summed E-state index contributed by atoms with van der Waals surface area (Å²) < 4.78 is 12.3. The highest BCUT2D eigenvalue weighted by molar-refractivity contribution is 9.10. The van der Waals surface area contributed by atoms with Crippen LogP contribution in [-0.2, 0) is 19.7 Å². The number of carbonyl (C=O) groups excluding carboxylic acids is 2. The van der Waals surface area contributed by atoms with Crippen LogP contribution in [0.4, 0.5) is 5.69 Å². The molecule has 2 aromatic carbocycles. The van der Waals surface area contributed by atoms with Gasteiger partial charge in [0.15, 0.2) is 4.67 Å². The molecule has 1 spiro atoms. The summed E-state index contributed by atoms with van der Waals surface area (Å²) in [5.41, 5.74) is 0.664. The van der Waals surface area contributed by atoms with E-state index in [0.717, 1.165) is 16.8 Å². The number of para-hydroxylation sites is 1. The van der Waals surface area contributed by atoms with Crippen molar-refractivity contribution in [2.75, 3.05) is 5.32 Å². The number of ether oxygens (including phenoxy) is 1. The van der Waals surface area contributed by atoms with E-state index >= 15 is 0 Å². The van der Waals surface area contributed by atoms with Crippen LogP contribution in [0, 0.1) is 0 Å². The maximum atomic E-state index is 13.9. The van der Waals surface area contributed by atoms with E-state index in [1.54, 1.807) is 6.07 Å². The van der Waals surface area contributed by atoms with Crippen molar-refractivity contribution in [3.8, 4) is 0 Å². The summed E-state index contributed by atoms with van der Waals surface area (Å²) in [7, 11) is 0. The molecular weight excluding hydrogens is 484 g/mol. The number of anilines is 1. The second kappa shape index (κ2) is 7.85. The number of esters is 1. The smallest absolute Gasteiger partial charge is 0.324 e. The third-order valence-electron chi connectivity index (χ3n) is 6.32. The Morgan fingerprint density at radius 3 is 2.39 bits per heavy atom. The van der Waals surface area contributed by atoms with Crippen molar-refractivity contribution in [3.05, 3.63) is 88.3 Å². The normalized spacial score (nSPS) is 26.3. The van der Waals surface area contributed by atoms with E-state index in [1.165, 1.54) is 0 Å². The molecule has 1 amide bonds. The zero-order valence-electron chi connectivity index (χ0n) is 18.6. The minimum atomic E-state index is -1.11. The monoisotopic (exact) mass is 508 g/mol. The summed E-state index contributed by atoms with van der Waals surface area (Å²) in [6.07, 6.45) is 0. The first-order chi connectivity index (χ1) is 15.7. The molecule has 0 saturated carbocycles. The van der Waals surface area contributed by atoms with Crippen LogP contribution in [0.15, 0.2) is 75.8 Å². The summed E-state index contributed by atoms with van der Waals surface area (Å²) in [5, 5.41) is 6.51. The molecule has 0 radical (unpaired) electrons. The third kappa shape index (κ3) is 3.50. The first-order valence-corrected chi connectivity index (χ1v) is 11.7.